The molecule has 0 radical (unpaired) electrons. The van der Waals surface area contributed by atoms with Crippen LogP contribution in [0.15, 0.2) is 61.2 Å². The maximum atomic E-state index is 13.7. The Morgan fingerprint density at radius 2 is 1.67 bits per heavy atom. The molecule has 0 saturated carbocycles. The minimum absolute atomic E-state index is 0.304. The van der Waals surface area contributed by atoms with E-state index in [-0.39, 0.29) is 12.5 Å². The first-order valence-corrected chi connectivity index (χ1v) is 12.2. The molecule has 7 nitrogen and oxygen atoms in total. The van der Waals surface area contributed by atoms with Crippen LogP contribution in [0.5, 0.6) is 0 Å². The summed E-state index contributed by atoms with van der Waals surface area (Å²) in [7, 11) is 0. The van der Waals surface area contributed by atoms with Gasteiger partial charge in [-0.1, -0.05) is 68.1 Å². The molecule has 2 aromatic rings. The summed E-state index contributed by atoms with van der Waals surface area (Å²) in [5, 5.41) is 5.53. The van der Waals surface area contributed by atoms with Gasteiger partial charge in [0.2, 0.25) is 11.8 Å². The van der Waals surface area contributed by atoms with Crippen LogP contribution in [-0.2, 0) is 20.9 Å². The first-order chi connectivity index (χ1) is 16.9. The van der Waals surface area contributed by atoms with E-state index in [4.69, 9.17) is 4.74 Å². The number of nitrogens with zero attached hydrogens (tertiary/aromatic N) is 1. The largest absolute Gasteiger partial charge is 0.444 e. The normalized spacial score (nSPS) is 12.3. The van der Waals surface area contributed by atoms with Gasteiger partial charge in [-0.05, 0) is 63.8 Å². The van der Waals surface area contributed by atoms with E-state index in [1.54, 1.807) is 31.7 Å². The van der Waals surface area contributed by atoms with Crippen molar-refractivity contribution in [1.29, 1.82) is 0 Å². The second-order valence-corrected chi connectivity index (χ2v) is 10.3. The Bertz CT molecular complexity index is 1060. The fourth-order valence-corrected chi connectivity index (χ4v) is 3.70. The van der Waals surface area contributed by atoms with E-state index in [1.165, 1.54) is 0 Å². The monoisotopic (exact) mass is 493 g/mol. The highest BCUT2D eigenvalue weighted by atomic mass is 16.6. The molecule has 7 heteroatoms. The summed E-state index contributed by atoms with van der Waals surface area (Å²) < 4.78 is 5.28. The highest BCUT2D eigenvalue weighted by molar-refractivity contribution is 5.91. The van der Waals surface area contributed by atoms with Gasteiger partial charge in [0, 0.05) is 12.1 Å². The number of alkyl carbamates (subject to hydrolysis) is 1. The first kappa shape index (κ1) is 28.6. The molecule has 0 aromatic heterocycles. The van der Waals surface area contributed by atoms with Gasteiger partial charge < -0.3 is 20.3 Å². The van der Waals surface area contributed by atoms with Crippen molar-refractivity contribution < 1.29 is 19.1 Å². The zero-order chi connectivity index (χ0) is 26.9. The number of carbonyl (C=O) groups is 3. The summed E-state index contributed by atoms with van der Waals surface area (Å²) in [5.74, 6) is -0.705. The number of hydrogen-bond donors (Lipinski definition) is 2. The molecule has 2 rings (SSSR count). The molecule has 2 aromatic carbocycles. The maximum Gasteiger partial charge on any atom is 0.408 e. The number of carbonyl (C=O) groups excluding carboxylic acids is 3. The van der Waals surface area contributed by atoms with E-state index in [0.29, 0.717) is 18.5 Å². The van der Waals surface area contributed by atoms with E-state index in [0.717, 1.165) is 11.1 Å². The minimum Gasteiger partial charge on any atom is -0.444 e. The van der Waals surface area contributed by atoms with Crippen molar-refractivity contribution in [3.05, 3.63) is 77.9 Å². The molecule has 0 aliphatic carbocycles. The molecule has 0 aliphatic heterocycles. The second-order valence-electron chi connectivity index (χ2n) is 10.3. The predicted molar refractivity (Wildman–Crippen MR) is 143 cm³/mol. The average Bonchev–Trinajstić information content (AvgIpc) is 2.83. The Kier molecular flexibility index (Phi) is 9.84. The molecule has 0 heterocycles. The van der Waals surface area contributed by atoms with Gasteiger partial charge in [0.1, 0.15) is 18.2 Å². The number of benzene rings is 2. The summed E-state index contributed by atoms with van der Waals surface area (Å²) in [6.45, 7) is 14.9. The number of hydrogen-bond acceptors (Lipinski definition) is 4. The van der Waals surface area contributed by atoms with E-state index in [2.05, 4.69) is 17.2 Å². The van der Waals surface area contributed by atoms with E-state index < -0.39 is 29.2 Å². The Morgan fingerprint density at radius 1 is 1.00 bits per heavy atom. The van der Waals surface area contributed by atoms with Crippen LogP contribution in [0.3, 0.4) is 0 Å². The molecule has 0 bridgehead atoms. The highest BCUT2D eigenvalue weighted by Crippen LogP contribution is 2.32. The fourth-order valence-electron chi connectivity index (χ4n) is 3.70. The Morgan fingerprint density at radius 3 is 2.25 bits per heavy atom. The van der Waals surface area contributed by atoms with Gasteiger partial charge in [-0.25, -0.2) is 4.79 Å². The fraction of sp³-hybridized carbons (Fsp3) is 0.414. The van der Waals surface area contributed by atoms with Gasteiger partial charge in [-0.3, -0.25) is 9.59 Å². The van der Waals surface area contributed by atoms with Gasteiger partial charge in [-0.2, -0.15) is 0 Å². The first-order valence-electron chi connectivity index (χ1n) is 12.2. The van der Waals surface area contributed by atoms with Gasteiger partial charge in [0.05, 0.1) is 0 Å². The van der Waals surface area contributed by atoms with Crippen molar-refractivity contribution in [2.24, 2.45) is 0 Å². The molecule has 0 fully saturated rings. The van der Waals surface area contributed by atoms with Gasteiger partial charge in [0.25, 0.3) is 0 Å². The number of rotatable bonds is 10. The molecule has 1 atom stereocenters. The molecule has 2 N–H and O–H groups in total. The van der Waals surface area contributed by atoms with Crippen LogP contribution in [0.4, 0.5) is 4.79 Å². The van der Waals surface area contributed by atoms with Crippen LogP contribution in [0, 0.1) is 0 Å². The molecular formula is C29H39N3O4. The van der Waals surface area contributed by atoms with Crippen molar-refractivity contribution in [1.82, 2.24) is 15.5 Å². The molecule has 1 unspecified atom stereocenters. The molecule has 0 spiro atoms. The van der Waals surface area contributed by atoms with Gasteiger partial charge in [0.15, 0.2) is 0 Å². The third-order valence-corrected chi connectivity index (χ3v) is 5.85. The topological polar surface area (TPSA) is 87.7 Å². The lowest BCUT2D eigenvalue weighted by molar-refractivity contribution is -0.146. The smallest absolute Gasteiger partial charge is 0.408 e. The summed E-state index contributed by atoms with van der Waals surface area (Å²) >= 11 is 0. The number of nitrogens with one attached hydrogen (secondary N) is 2. The molecule has 3 amide bonds. The molecular weight excluding hydrogens is 454 g/mol. The lowest BCUT2D eigenvalue weighted by Crippen LogP contribution is -2.56. The SMILES string of the molecule is C=Cc1cccc(C(C(=O)NCc2ccccc2)N(C(=O)CNC(=O)OC(C)(C)C)C(C)(C)CC)c1. The lowest BCUT2D eigenvalue weighted by atomic mass is 9.92. The summed E-state index contributed by atoms with van der Waals surface area (Å²) in [6, 6.07) is 16.1. The molecule has 194 valence electrons. The van der Waals surface area contributed by atoms with Crippen LogP contribution in [0.1, 0.15) is 70.7 Å². The van der Waals surface area contributed by atoms with Crippen molar-refractivity contribution in [3.8, 4) is 0 Å². The van der Waals surface area contributed by atoms with E-state index >= 15 is 0 Å². The Labute approximate surface area is 214 Å². The Hall–Kier alpha value is -3.61. The number of amides is 3. The van der Waals surface area contributed by atoms with E-state index in [1.807, 2.05) is 75.4 Å². The average molecular weight is 494 g/mol. The molecule has 0 saturated heterocycles. The van der Waals surface area contributed by atoms with Crippen molar-refractivity contribution in [2.75, 3.05) is 6.54 Å². The van der Waals surface area contributed by atoms with Crippen LogP contribution in [-0.4, -0.2) is 40.5 Å². The van der Waals surface area contributed by atoms with Crippen LogP contribution in [0.25, 0.3) is 6.08 Å². The van der Waals surface area contributed by atoms with Crippen LogP contribution < -0.4 is 10.6 Å². The third kappa shape index (κ3) is 8.26. The van der Waals surface area contributed by atoms with E-state index in [9.17, 15) is 14.4 Å². The van der Waals surface area contributed by atoms with Gasteiger partial charge >= 0.3 is 6.09 Å². The summed E-state index contributed by atoms with van der Waals surface area (Å²) in [5.41, 5.74) is 1.06. The standard InChI is InChI=1S/C29H39N3O4/c1-8-21-16-13-17-23(18-21)25(26(34)30-19-22-14-11-10-12-15-22)32(29(6,7)9-2)24(33)20-31-27(35)36-28(3,4)5/h8,10-18,25H,1,9,19-20H2,2-7H3,(H,30,34)(H,31,35). The second kappa shape index (κ2) is 12.4. The number of ether oxygens (including phenoxy) is 1. The summed E-state index contributed by atoms with van der Waals surface area (Å²) in [4.78, 5) is 41.1. The van der Waals surface area contributed by atoms with Crippen molar-refractivity contribution in [3.63, 3.8) is 0 Å². The lowest BCUT2D eigenvalue weighted by Gasteiger charge is -2.43. The summed E-state index contributed by atoms with van der Waals surface area (Å²) in [6.07, 6.45) is 1.60. The van der Waals surface area contributed by atoms with Gasteiger partial charge in [-0.15, -0.1) is 0 Å². The quantitative estimate of drug-likeness (QED) is 0.474. The predicted octanol–water partition coefficient (Wildman–Crippen LogP) is 5.23. The van der Waals surface area contributed by atoms with Crippen LogP contribution >= 0.6 is 0 Å². The third-order valence-electron chi connectivity index (χ3n) is 5.85. The van der Waals surface area contributed by atoms with Crippen molar-refractivity contribution in [2.45, 2.75) is 71.7 Å². The maximum absolute atomic E-state index is 13.7. The molecule has 36 heavy (non-hydrogen) atoms. The zero-order valence-corrected chi connectivity index (χ0v) is 22.3. The minimum atomic E-state index is -0.920. The zero-order valence-electron chi connectivity index (χ0n) is 22.3. The van der Waals surface area contributed by atoms with Crippen LogP contribution in [0.2, 0.25) is 0 Å². The molecule has 0 aliphatic rings. The highest BCUT2D eigenvalue weighted by Gasteiger charge is 2.40. The van der Waals surface area contributed by atoms with Crippen molar-refractivity contribution >= 4 is 24.0 Å². The Balaban J connectivity index is 2.42.